The third-order valence-electron chi connectivity index (χ3n) is 4.73. The maximum absolute atomic E-state index is 12.3. The van der Waals surface area contributed by atoms with Crippen molar-refractivity contribution in [2.24, 2.45) is 0 Å². The molecule has 1 aromatic rings. The van der Waals surface area contributed by atoms with Gasteiger partial charge in [0, 0.05) is 22.8 Å². The average Bonchev–Trinajstić information content (AvgIpc) is 2.68. The Morgan fingerprint density at radius 3 is 2.71 bits per heavy atom. The summed E-state index contributed by atoms with van der Waals surface area (Å²) in [5.74, 6) is -0.00587. The molecule has 0 aromatic heterocycles. The van der Waals surface area contributed by atoms with E-state index in [9.17, 15) is 9.90 Å². The highest BCUT2D eigenvalue weighted by Crippen LogP contribution is 2.35. The number of carbonyl (C=O) groups excluding carboxylic acids is 1. The maximum atomic E-state index is 12.3. The summed E-state index contributed by atoms with van der Waals surface area (Å²) in [5, 5.41) is 13.4. The predicted octanol–water partition coefficient (Wildman–Crippen LogP) is 2.57. The number of anilines is 1. The van der Waals surface area contributed by atoms with Gasteiger partial charge in [0.2, 0.25) is 5.91 Å². The molecule has 2 heterocycles. The molecule has 1 aromatic carbocycles. The zero-order valence-corrected chi connectivity index (χ0v) is 12.9. The van der Waals surface area contributed by atoms with Gasteiger partial charge >= 0.3 is 0 Å². The van der Waals surface area contributed by atoms with E-state index in [4.69, 9.17) is 11.6 Å². The standard InChI is InChI=1S/C16H21ClN2O2/c1-10-14(17)3-2-4-15(10)18-16(21)9-19-11-5-6-12(19)8-13(20)7-11/h2-4,11-13,20H,5-9H2,1H3,(H,18,21). The number of benzene rings is 1. The molecule has 2 fully saturated rings. The number of nitrogens with zero attached hydrogens (tertiary/aromatic N) is 1. The van der Waals surface area contributed by atoms with Crippen LogP contribution in [0.4, 0.5) is 5.69 Å². The number of amides is 1. The molecule has 2 unspecified atom stereocenters. The number of hydrogen-bond donors (Lipinski definition) is 2. The SMILES string of the molecule is Cc1c(Cl)cccc1NC(=O)CN1C2CCC1CC(O)C2. The number of nitrogens with one attached hydrogen (secondary N) is 1. The lowest BCUT2D eigenvalue weighted by atomic mass is 10.00. The first-order valence-electron chi connectivity index (χ1n) is 7.53. The van der Waals surface area contributed by atoms with Crippen LogP contribution in [0.25, 0.3) is 0 Å². The quantitative estimate of drug-likeness (QED) is 0.902. The minimum atomic E-state index is -0.197. The highest BCUT2D eigenvalue weighted by molar-refractivity contribution is 6.31. The second-order valence-corrected chi connectivity index (χ2v) is 6.55. The molecule has 0 saturated carbocycles. The first kappa shape index (κ1) is 14.8. The fourth-order valence-electron chi connectivity index (χ4n) is 3.60. The maximum Gasteiger partial charge on any atom is 0.238 e. The Balaban J connectivity index is 1.64. The zero-order valence-electron chi connectivity index (χ0n) is 12.2. The van der Waals surface area contributed by atoms with E-state index in [0.29, 0.717) is 23.7 Å². The Labute approximate surface area is 130 Å². The van der Waals surface area contributed by atoms with E-state index in [1.807, 2.05) is 25.1 Å². The monoisotopic (exact) mass is 308 g/mol. The van der Waals surface area contributed by atoms with E-state index in [2.05, 4.69) is 10.2 Å². The van der Waals surface area contributed by atoms with Crippen LogP contribution in [0.15, 0.2) is 18.2 Å². The fourth-order valence-corrected chi connectivity index (χ4v) is 3.78. The summed E-state index contributed by atoms with van der Waals surface area (Å²) in [4.78, 5) is 14.5. The molecule has 0 aliphatic carbocycles. The largest absolute Gasteiger partial charge is 0.393 e. The summed E-state index contributed by atoms with van der Waals surface area (Å²) < 4.78 is 0. The first-order chi connectivity index (χ1) is 10.0. The fraction of sp³-hybridized carbons (Fsp3) is 0.562. The third kappa shape index (κ3) is 3.07. The van der Waals surface area contributed by atoms with Crippen molar-refractivity contribution in [1.82, 2.24) is 4.90 Å². The summed E-state index contributed by atoms with van der Waals surface area (Å²) in [7, 11) is 0. The van der Waals surface area contributed by atoms with Gasteiger partial charge in [0.25, 0.3) is 0 Å². The zero-order chi connectivity index (χ0) is 15.0. The van der Waals surface area contributed by atoms with Crippen LogP contribution in [0.3, 0.4) is 0 Å². The second kappa shape index (κ2) is 5.95. The Bertz CT molecular complexity index is 535. The molecular weight excluding hydrogens is 288 g/mol. The number of fused-ring (bicyclic) bond motifs is 2. The van der Waals surface area contributed by atoms with Crippen molar-refractivity contribution in [2.45, 2.75) is 50.8 Å². The minimum absolute atomic E-state index is 0.00587. The number of aliphatic hydroxyl groups is 1. The lowest BCUT2D eigenvalue weighted by Gasteiger charge is -2.36. The number of aliphatic hydroxyl groups excluding tert-OH is 1. The lowest BCUT2D eigenvalue weighted by molar-refractivity contribution is -0.119. The number of rotatable bonds is 3. The van der Waals surface area contributed by atoms with E-state index in [-0.39, 0.29) is 12.0 Å². The van der Waals surface area contributed by atoms with Gasteiger partial charge in [-0.05, 0) is 50.3 Å². The van der Waals surface area contributed by atoms with Crippen LogP contribution in [0.1, 0.15) is 31.2 Å². The molecule has 2 atom stereocenters. The summed E-state index contributed by atoms with van der Waals surface area (Å²) in [6.07, 6.45) is 3.56. The van der Waals surface area contributed by atoms with Crippen LogP contribution in [-0.2, 0) is 4.79 Å². The summed E-state index contributed by atoms with van der Waals surface area (Å²) in [6, 6.07) is 6.23. The summed E-state index contributed by atoms with van der Waals surface area (Å²) in [6.45, 7) is 2.30. The Morgan fingerprint density at radius 2 is 2.05 bits per heavy atom. The van der Waals surface area contributed by atoms with Crippen molar-refractivity contribution in [1.29, 1.82) is 0 Å². The molecule has 5 heteroatoms. The topological polar surface area (TPSA) is 52.6 Å². The molecule has 2 bridgehead atoms. The summed E-state index contributed by atoms with van der Waals surface area (Å²) >= 11 is 6.07. The number of halogens is 1. The van der Waals surface area contributed by atoms with Gasteiger partial charge in [0.15, 0.2) is 0 Å². The minimum Gasteiger partial charge on any atom is -0.393 e. The van der Waals surface area contributed by atoms with E-state index in [1.54, 1.807) is 0 Å². The molecular formula is C16H21ClN2O2. The predicted molar refractivity (Wildman–Crippen MR) is 83.6 cm³/mol. The molecule has 2 aliphatic rings. The lowest BCUT2D eigenvalue weighted by Crippen LogP contribution is -2.47. The Kier molecular flexibility index (Phi) is 4.20. The molecule has 21 heavy (non-hydrogen) atoms. The Morgan fingerprint density at radius 1 is 1.38 bits per heavy atom. The van der Waals surface area contributed by atoms with Gasteiger partial charge in [-0.15, -0.1) is 0 Å². The molecule has 2 N–H and O–H groups in total. The highest BCUT2D eigenvalue weighted by atomic mass is 35.5. The smallest absolute Gasteiger partial charge is 0.238 e. The van der Waals surface area contributed by atoms with Crippen LogP contribution in [0.5, 0.6) is 0 Å². The molecule has 3 rings (SSSR count). The van der Waals surface area contributed by atoms with Gasteiger partial charge in [-0.25, -0.2) is 0 Å². The van der Waals surface area contributed by atoms with Crippen molar-refractivity contribution < 1.29 is 9.90 Å². The molecule has 1 amide bonds. The highest BCUT2D eigenvalue weighted by Gasteiger charge is 2.40. The van der Waals surface area contributed by atoms with E-state index in [1.165, 1.54) is 0 Å². The van der Waals surface area contributed by atoms with Crippen molar-refractivity contribution >= 4 is 23.2 Å². The molecule has 2 saturated heterocycles. The van der Waals surface area contributed by atoms with Gasteiger partial charge < -0.3 is 10.4 Å². The van der Waals surface area contributed by atoms with Crippen LogP contribution < -0.4 is 5.32 Å². The van der Waals surface area contributed by atoms with E-state index < -0.39 is 0 Å². The van der Waals surface area contributed by atoms with Gasteiger partial charge in [-0.1, -0.05) is 17.7 Å². The number of carbonyl (C=O) groups is 1. The van der Waals surface area contributed by atoms with Crippen molar-refractivity contribution in [3.63, 3.8) is 0 Å². The van der Waals surface area contributed by atoms with Gasteiger partial charge in [-0.2, -0.15) is 0 Å². The van der Waals surface area contributed by atoms with Crippen LogP contribution in [0.2, 0.25) is 5.02 Å². The summed E-state index contributed by atoms with van der Waals surface area (Å²) in [5.41, 5.74) is 1.67. The van der Waals surface area contributed by atoms with Gasteiger partial charge in [0.1, 0.15) is 0 Å². The molecule has 2 aliphatic heterocycles. The van der Waals surface area contributed by atoms with Gasteiger partial charge in [0.05, 0.1) is 12.6 Å². The number of piperidine rings is 1. The van der Waals surface area contributed by atoms with Crippen molar-refractivity contribution in [3.8, 4) is 0 Å². The Hall–Kier alpha value is -1.10. The number of hydrogen-bond acceptors (Lipinski definition) is 3. The molecule has 114 valence electrons. The van der Waals surface area contributed by atoms with Gasteiger partial charge in [-0.3, -0.25) is 9.69 Å². The van der Waals surface area contributed by atoms with Crippen LogP contribution >= 0.6 is 11.6 Å². The third-order valence-corrected chi connectivity index (χ3v) is 5.14. The van der Waals surface area contributed by atoms with Crippen LogP contribution in [0, 0.1) is 6.92 Å². The van der Waals surface area contributed by atoms with E-state index >= 15 is 0 Å². The first-order valence-corrected chi connectivity index (χ1v) is 7.91. The second-order valence-electron chi connectivity index (χ2n) is 6.14. The van der Waals surface area contributed by atoms with Crippen molar-refractivity contribution in [2.75, 3.05) is 11.9 Å². The van der Waals surface area contributed by atoms with E-state index in [0.717, 1.165) is 36.9 Å². The van der Waals surface area contributed by atoms with Crippen LogP contribution in [-0.4, -0.2) is 40.6 Å². The average molecular weight is 309 g/mol. The molecule has 0 spiro atoms. The molecule has 0 radical (unpaired) electrons. The van der Waals surface area contributed by atoms with Crippen molar-refractivity contribution in [3.05, 3.63) is 28.8 Å². The molecule has 4 nitrogen and oxygen atoms in total. The normalized spacial score (nSPS) is 28.6.